The fraction of sp³-hybridized carbons (Fsp3) is 0.758. The average Bonchev–Trinajstić information content (AvgIpc) is 3.39. The number of hydrogen-bond donors (Lipinski definition) is 0. The van der Waals surface area contributed by atoms with Crippen LogP contribution in [0.3, 0.4) is 0 Å². The van der Waals surface area contributed by atoms with Crippen molar-refractivity contribution < 1.29 is 23.6 Å². The summed E-state index contributed by atoms with van der Waals surface area (Å²) in [7, 11) is -0.482. The van der Waals surface area contributed by atoms with Crippen LogP contribution in [-0.2, 0) is 24.3 Å². The second-order valence-corrected chi connectivity index (χ2v) is 15.8. The topological polar surface area (TPSA) is 71.6 Å². The molecule has 0 unspecified atom stereocenters. The van der Waals surface area contributed by atoms with Gasteiger partial charge in [0.2, 0.25) is 5.91 Å². The lowest BCUT2D eigenvalue weighted by Crippen LogP contribution is -2.58. The fourth-order valence-corrected chi connectivity index (χ4v) is 7.52. The average molecular weight is 580 g/mol. The number of carbonyl (C=O) groups is 2. The summed E-state index contributed by atoms with van der Waals surface area (Å²) in [5.74, 6) is 1.64. The van der Waals surface area contributed by atoms with Crippen LogP contribution in [0.4, 0.5) is 10.5 Å². The highest BCUT2D eigenvalue weighted by Crippen LogP contribution is 2.51. The van der Waals surface area contributed by atoms with Crippen LogP contribution in [0, 0.1) is 11.8 Å². The van der Waals surface area contributed by atoms with Crippen molar-refractivity contribution in [3.8, 4) is 0 Å². The first-order chi connectivity index (χ1) is 19.5. The Bertz CT molecular complexity index is 1220. The van der Waals surface area contributed by atoms with Crippen molar-refractivity contribution in [2.75, 3.05) is 31.1 Å². The molecule has 4 aliphatic heterocycles. The van der Waals surface area contributed by atoms with Crippen molar-refractivity contribution in [1.82, 2.24) is 9.80 Å². The summed E-state index contributed by atoms with van der Waals surface area (Å²) in [6, 6.07) is 7.09. The lowest BCUT2D eigenvalue weighted by molar-refractivity contribution is -0.126. The molecule has 3 saturated heterocycles. The minimum Gasteiger partial charge on any atom is -0.444 e. The Morgan fingerprint density at radius 2 is 1.52 bits per heavy atom. The predicted octanol–water partition coefficient (Wildman–Crippen LogP) is 4.72. The normalized spacial score (nSPS) is 31.9. The molecule has 4 fully saturated rings. The maximum absolute atomic E-state index is 14.6. The van der Waals surface area contributed by atoms with Gasteiger partial charge in [-0.05, 0) is 103 Å². The van der Waals surface area contributed by atoms with Gasteiger partial charge in [0.1, 0.15) is 5.60 Å². The molecule has 2 amide bonds. The molecule has 2 atom stereocenters. The number of benzene rings is 1. The molecule has 1 saturated carbocycles. The predicted molar refractivity (Wildman–Crippen MR) is 165 cm³/mol. The molecular weight excluding hydrogens is 529 g/mol. The number of fused-ring (bicyclic) bond motifs is 2. The molecule has 0 bridgehead atoms. The minimum atomic E-state index is -0.621. The van der Waals surface area contributed by atoms with E-state index in [-0.39, 0.29) is 18.0 Å². The zero-order valence-electron chi connectivity index (χ0n) is 27.2. The number of likely N-dealkylation sites (tertiary alicyclic amines) is 2. The third kappa shape index (κ3) is 4.88. The Labute approximate surface area is 252 Å². The van der Waals surface area contributed by atoms with Crippen LogP contribution in [0.1, 0.15) is 93.6 Å². The van der Waals surface area contributed by atoms with Gasteiger partial charge in [0.15, 0.2) is 0 Å². The van der Waals surface area contributed by atoms with Gasteiger partial charge in [-0.1, -0.05) is 26.0 Å². The first-order valence-corrected chi connectivity index (χ1v) is 16.1. The smallest absolute Gasteiger partial charge is 0.444 e. The molecule has 1 aliphatic carbocycles. The van der Waals surface area contributed by atoms with Gasteiger partial charge in [-0.15, -0.1) is 0 Å². The summed E-state index contributed by atoms with van der Waals surface area (Å²) >= 11 is 0. The van der Waals surface area contributed by atoms with Gasteiger partial charge in [-0.3, -0.25) is 9.69 Å². The zero-order chi connectivity index (χ0) is 30.4. The summed E-state index contributed by atoms with van der Waals surface area (Å²) in [6.07, 6.45) is 2.91. The van der Waals surface area contributed by atoms with E-state index in [1.165, 1.54) is 0 Å². The number of anilines is 1. The van der Waals surface area contributed by atoms with Gasteiger partial charge in [-0.25, -0.2) is 4.79 Å². The fourth-order valence-electron chi connectivity index (χ4n) is 7.52. The molecule has 1 aromatic rings. The summed E-state index contributed by atoms with van der Waals surface area (Å²) in [5, 5.41) is 0. The van der Waals surface area contributed by atoms with E-state index >= 15 is 0 Å². The minimum absolute atomic E-state index is 0.185. The van der Waals surface area contributed by atoms with Crippen LogP contribution in [-0.4, -0.2) is 84.0 Å². The SMILES string of the molecule is C[C@@H]1CN([C@H]2C[C@@H](N3C(=O)C4(CCN(C(=O)OC(C)(C)C)CC4)c4ccc(B5OC(C)(C)C(C)(C)O5)cc43)C2)C[C@@H]1C. The quantitative estimate of drug-likeness (QED) is 0.483. The molecule has 1 spiro atoms. The highest BCUT2D eigenvalue weighted by Gasteiger charge is 2.57. The summed E-state index contributed by atoms with van der Waals surface area (Å²) in [4.78, 5) is 33.9. The molecule has 0 radical (unpaired) electrons. The Balaban J connectivity index is 1.27. The van der Waals surface area contributed by atoms with Gasteiger partial charge in [0.05, 0.1) is 16.6 Å². The lowest BCUT2D eigenvalue weighted by Gasteiger charge is -2.46. The van der Waals surface area contributed by atoms with E-state index in [9.17, 15) is 9.59 Å². The van der Waals surface area contributed by atoms with Crippen LogP contribution in [0.15, 0.2) is 18.2 Å². The number of hydrogen-bond acceptors (Lipinski definition) is 6. The molecule has 4 heterocycles. The van der Waals surface area contributed by atoms with Crippen LogP contribution >= 0.6 is 0 Å². The zero-order valence-corrected chi connectivity index (χ0v) is 27.2. The standard InChI is InChI=1S/C33H50BN3O5/c1-21-19-36(20-22(21)2)24-17-25(18-24)37-27-16-23(34-41-31(6,7)32(8,9)42-34)10-11-26(27)33(28(37)38)12-14-35(15-13-33)29(39)40-30(3,4)5/h10-11,16,21-22,24-25H,12-15,17-20H2,1-9H3/t21-,22+,24-,25+. The third-order valence-corrected chi connectivity index (χ3v) is 11.2. The number of amides is 2. The van der Waals surface area contributed by atoms with E-state index in [2.05, 4.69) is 69.5 Å². The van der Waals surface area contributed by atoms with E-state index in [0.717, 1.165) is 54.5 Å². The molecule has 0 aromatic heterocycles. The van der Waals surface area contributed by atoms with Crippen molar-refractivity contribution in [3.63, 3.8) is 0 Å². The number of piperidine rings is 1. The Morgan fingerprint density at radius 3 is 2.07 bits per heavy atom. The van der Waals surface area contributed by atoms with Crippen LogP contribution < -0.4 is 10.4 Å². The monoisotopic (exact) mass is 579 g/mol. The molecule has 230 valence electrons. The van der Waals surface area contributed by atoms with Gasteiger partial charge >= 0.3 is 13.2 Å². The van der Waals surface area contributed by atoms with Crippen molar-refractivity contribution in [2.24, 2.45) is 11.8 Å². The van der Waals surface area contributed by atoms with Crippen molar-refractivity contribution in [2.45, 2.75) is 122 Å². The Kier molecular flexibility index (Phi) is 7.11. The second kappa shape index (κ2) is 9.96. The second-order valence-electron chi connectivity index (χ2n) is 15.8. The number of ether oxygens (including phenoxy) is 1. The highest BCUT2D eigenvalue weighted by molar-refractivity contribution is 6.62. The van der Waals surface area contributed by atoms with Crippen LogP contribution in [0.25, 0.3) is 0 Å². The first-order valence-electron chi connectivity index (χ1n) is 16.1. The molecule has 0 N–H and O–H groups in total. The molecular formula is C33H50BN3O5. The van der Waals surface area contributed by atoms with Crippen molar-refractivity contribution in [1.29, 1.82) is 0 Å². The van der Waals surface area contributed by atoms with E-state index in [1.807, 2.05) is 20.8 Å². The largest absolute Gasteiger partial charge is 0.494 e. The van der Waals surface area contributed by atoms with Gasteiger partial charge in [-0.2, -0.15) is 0 Å². The molecule has 9 heteroatoms. The van der Waals surface area contributed by atoms with E-state index < -0.39 is 29.3 Å². The number of nitrogens with zero attached hydrogens (tertiary/aromatic N) is 3. The summed E-state index contributed by atoms with van der Waals surface area (Å²) in [5.41, 5.74) is 0.998. The molecule has 8 nitrogen and oxygen atoms in total. The maximum atomic E-state index is 14.6. The first kappa shape index (κ1) is 30.0. The van der Waals surface area contributed by atoms with E-state index in [0.29, 0.717) is 32.0 Å². The molecule has 1 aromatic carbocycles. The summed E-state index contributed by atoms with van der Waals surface area (Å²) in [6.45, 7) is 21.9. The van der Waals surface area contributed by atoms with Gasteiger partial charge in [0, 0.05) is 44.0 Å². The van der Waals surface area contributed by atoms with Crippen molar-refractivity contribution in [3.05, 3.63) is 23.8 Å². The molecule has 6 rings (SSSR count). The number of rotatable bonds is 3. The maximum Gasteiger partial charge on any atom is 0.494 e. The summed E-state index contributed by atoms with van der Waals surface area (Å²) < 4.78 is 18.5. The molecule has 42 heavy (non-hydrogen) atoms. The van der Waals surface area contributed by atoms with Gasteiger partial charge < -0.3 is 23.8 Å². The van der Waals surface area contributed by atoms with Crippen molar-refractivity contribution >= 4 is 30.3 Å². The van der Waals surface area contributed by atoms with Crippen LogP contribution in [0.2, 0.25) is 0 Å². The molecule has 5 aliphatic rings. The number of carbonyl (C=O) groups excluding carboxylic acids is 2. The third-order valence-electron chi connectivity index (χ3n) is 11.2. The van der Waals surface area contributed by atoms with E-state index in [1.54, 1.807) is 4.90 Å². The lowest BCUT2D eigenvalue weighted by atomic mass is 9.71. The van der Waals surface area contributed by atoms with Crippen LogP contribution in [0.5, 0.6) is 0 Å². The Morgan fingerprint density at radius 1 is 0.952 bits per heavy atom. The highest BCUT2D eigenvalue weighted by atomic mass is 16.7. The van der Waals surface area contributed by atoms with Gasteiger partial charge in [0.25, 0.3) is 0 Å². The Hall–Kier alpha value is -2.10. The van der Waals surface area contributed by atoms with E-state index in [4.69, 9.17) is 14.0 Å².